The zero-order chi connectivity index (χ0) is 18.5. The molecule has 7 heteroatoms. The van der Waals surface area contributed by atoms with E-state index in [9.17, 15) is 14.0 Å². The maximum absolute atomic E-state index is 13.2. The van der Waals surface area contributed by atoms with Gasteiger partial charge in [-0.25, -0.2) is 9.18 Å². The Bertz CT molecular complexity index is 888. The van der Waals surface area contributed by atoms with E-state index in [2.05, 4.69) is 5.32 Å². The van der Waals surface area contributed by atoms with E-state index < -0.39 is 17.9 Å². The Morgan fingerprint density at radius 3 is 2.54 bits per heavy atom. The van der Waals surface area contributed by atoms with Crippen molar-refractivity contribution in [3.05, 3.63) is 79.9 Å². The first-order chi connectivity index (χ1) is 12.5. The minimum atomic E-state index is -0.521. The fourth-order valence-electron chi connectivity index (χ4n) is 2.38. The Hall–Kier alpha value is -2.51. The van der Waals surface area contributed by atoms with Crippen molar-refractivity contribution >= 4 is 34.6 Å². The third kappa shape index (κ3) is 4.56. The Kier molecular flexibility index (Phi) is 5.80. The Morgan fingerprint density at radius 2 is 1.92 bits per heavy atom. The minimum absolute atomic E-state index is 0.342. The largest absolute Gasteiger partial charge is 0.451 e. The minimum Gasteiger partial charge on any atom is -0.451 e. The van der Waals surface area contributed by atoms with E-state index in [0.717, 1.165) is 15.3 Å². The molecule has 0 saturated heterocycles. The summed E-state index contributed by atoms with van der Waals surface area (Å²) in [5, 5.41) is 4.74. The predicted molar refractivity (Wildman–Crippen MR) is 100 cm³/mol. The number of amides is 1. The van der Waals surface area contributed by atoms with Gasteiger partial charge in [0.05, 0.1) is 6.04 Å². The lowest BCUT2D eigenvalue weighted by Gasteiger charge is -2.18. The first-order valence-corrected chi connectivity index (χ1v) is 9.54. The number of esters is 1. The molecule has 1 atom stereocenters. The van der Waals surface area contributed by atoms with Crippen LogP contribution < -0.4 is 5.32 Å². The molecule has 3 aromatic rings. The fraction of sp³-hybridized carbons (Fsp3) is 0.158. The molecule has 134 valence electrons. The predicted octanol–water partition coefficient (Wildman–Crippen LogP) is 4.32. The molecule has 1 aromatic carbocycles. The number of ether oxygens (including phenoxy) is 1. The summed E-state index contributed by atoms with van der Waals surface area (Å²) < 4.78 is 18.3. The summed E-state index contributed by atoms with van der Waals surface area (Å²) in [5.74, 6) is -1.28. The molecule has 0 saturated carbocycles. The summed E-state index contributed by atoms with van der Waals surface area (Å²) in [6.45, 7) is 1.52. The third-order valence-corrected chi connectivity index (χ3v) is 5.53. The third-order valence-electron chi connectivity index (χ3n) is 3.61. The van der Waals surface area contributed by atoms with Gasteiger partial charge in [0.2, 0.25) is 0 Å². The summed E-state index contributed by atoms with van der Waals surface area (Å²) in [5.41, 5.74) is 0.752. The summed E-state index contributed by atoms with van der Waals surface area (Å²) in [7, 11) is 0. The average molecular weight is 389 g/mol. The maximum atomic E-state index is 13.2. The van der Waals surface area contributed by atoms with E-state index >= 15 is 0 Å². The van der Waals surface area contributed by atoms with Gasteiger partial charge in [-0.05, 0) is 48.2 Å². The molecular weight excluding hydrogens is 373 g/mol. The first kappa shape index (κ1) is 18.3. The number of aryl methyl sites for hydroxylation is 1. The molecule has 0 aliphatic heterocycles. The van der Waals surface area contributed by atoms with Gasteiger partial charge in [-0.1, -0.05) is 18.2 Å². The van der Waals surface area contributed by atoms with E-state index in [4.69, 9.17) is 4.74 Å². The van der Waals surface area contributed by atoms with Gasteiger partial charge in [0.1, 0.15) is 10.7 Å². The molecule has 0 radical (unpaired) electrons. The highest BCUT2D eigenvalue weighted by molar-refractivity contribution is 7.13. The second-order valence-electron chi connectivity index (χ2n) is 5.55. The number of rotatable bonds is 6. The van der Waals surface area contributed by atoms with Gasteiger partial charge < -0.3 is 10.1 Å². The second kappa shape index (κ2) is 8.25. The number of carbonyl (C=O) groups excluding carboxylic acids is 2. The van der Waals surface area contributed by atoms with Crippen molar-refractivity contribution in [2.24, 2.45) is 0 Å². The monoisotopic (exact) mass is 389 g/mol. The standard InChI is InChI=1S/C19H16FNO3S2/c1-12-4-9-16(26-12)19(23)24-11-17(22)21-18(15-3-2-10-25-15)13-5-7-14(20)8-6-13/h2-10,18H,11H2,1H3,(H,21,22)/t18-/m0/s1. The quantitative estimate of drug-likeness (QED) is 0.639. The Morgan fingerprint density at radius 1 is 1.15 bits per heavy atom. The lowest BCUT2D eigenvalue weighted by molar-refractivity contribution is -0.124. The Labute approximate surface area is 158 Å². The molecule has 0 aliphatic carbocycles. The van der Waals surface area contributed by atoms with Crippen LogP contribution in [0.2, 0.25) is 0 Å². The van der Waals surface area contributed by atoms with E-state index in [1.165, 1.54) is 34.8 Å². The number of benzene rings is 1. The number of hydrogen-bond donors (Lipinski definition) is 1. The van der Waals surface area contributed by atoms with Crippen LogP contribution in [0, 0.1) is 12.7 Å². The molecule has 0 aliphatic rings. The lowest BCUT2D eigenvalue weighted by Crippen LogP contribution is -2.32. The van der Waals surface area contributed by atoms with Crippen LogP contribution in [-0.2, 0) is 9.53 Å². The van der Waals surface area contributed by atoms with Gasteiger partial charge in [0, 0.05) is 9.75 Å². The molecule has 0 fully saturated rings. The molecule has 3 rings (SSSR count). The van der Waals surface area contributed by atoms with Gasteiger partial charge >= 0.3 is 5.97 Å². The van der Waals surface area contributed by atoms with Crippen LogP contribution in [0.3, 0.4) is 0 Å². The molecule has 1 N–H and O–H groups in total. The normalized spacial score (nSPS) is 11.8. The van der Waals surface area contributed by atoms with E-state index in [0.29, 0.717) is 4.88 Å². The van der Waals surface area contributed by atoms with Crippen molar-refractivity contribution < 1.29 is 18.7 Å². The fourth-order valence-corrected chi connectivity index (χ4v) is 3.94. The highest BCUT2D eigenvalue weighted by atomic mass is 32.1. The SMILES string of the molecule is Cc1ccc(C(=O)OCC(=O)N[C@@H](c2ccc(F)cc2)c2cccs2)s1. The van der Waals surface area contributed by atoms with Crippen LogP contribution in [0.15, 0.2) is 53.9 Å². The molecular formula is C19H16FNO3S2. The topological polar surface area (TPSA) is 55.4 Å². The zero-order valence-corrected chi connectivity index (χ0v) is 15.5. The van der Waals surface area contributed by atoms with Gasteiger partial charge in [0.25, 0.3) is 5.91 Å². The van der Waals surface area contributed by atoms with Crippen molar-refractivity contribution in [1.29, 1.82) is 0 Å². The number of hydrogen-bond acceptors (Lipinski definition) is 5. The summed E-state index contributed by atoms with van der Waals surface area (Å²) in [6.07, 6.45) is 0. The molecule has 2 heterocycles. The zero-order valence-electron chi connectivity index (χ0n) is 13.9. The van der Waals surface area contributed by atoms with Gasteiger partial charge in [-0.2, -0.15) is 0 Å². The van der Waals surface area contributed by atoms with Crippen LogP contribution in [0.1, 0.15) is 31.0 Å². The number of carbonyl (C=O) groups is 2. The lowest BCUT2D eigenvalue weighted by atomic mass is 10.1. The molecule has 0 spiro atoms. The smallest absolute Gasteiger partial charge is 0.348 e. The van der Waals surface area contributed by atoms with Crippen LogP contribution >= 0.6 is 22.7 Å². The van der Waals surface area contributed by atoms with Gasteiger partial charge in [-0.3, -0.25) is 4.79 Å². The molecule has 26 heavy (non-hydrogen) atoms. The van der Waals surface area contributed by atoms with Gasteiger partial charge in [-0.15, -0.1) is 22.7 Å². The maximum Gasteiger partial charge on any atom is 0.348 e. The molecule has 2 aromatic heterocycles. The number of halogens is 1. The molecule has 4 nitrogen and oxygen atoms in total. The van der Waals surface area contributed by atoms with Crippen LogP contribution in [0.25, 0.3) is 0 Å². The van der Waals surface area contributed by atoms with E-state index in [1.807, 2.05) is 30.5 Å². The second-order valence-corrected chi connectivity index (χ2v) is 7.82. The van der Waals surface area contributed by atoms with E-state index in [1.54, 1.807) is 18.2 Å². The Balaban J connectivity index is 1.66. The molecule has 0 bridgehead atoms. The van der Waals surface area contributed by atoms with Crippen molar-refractivity contribution in [2.45, 2.75) is 13.0 Å². The van der Waals surface area contributed by atoms with Crippen LogP contribution in [0.4, 0.5) is 4.39 Å². The van der Waals surface area contributed by atoms with Crippen molar-refractivity contribution in [3.63, 3.8) is 0 Å². The highest BCUT2D eigenvalue weighted by Gasteiger charge is 2.19. The summed E-state index contributed by atoms with van der Waals surface area (Å²) in [4.78, 5) is 26.6. The number of nitrogens with one attached hydrogen (secondary N) is 1. The van der Waals surface area contributed by atoms with Crippen molar-refractivity contribution in [3.8, 4) is 0 Å². The van der Waals surface area contributed by atoms with Gasteiger partial charge in [0.15, 0.2) is 6.61 Å². The highest BCUT2D eigenvalue weighted by Crippen LogP contribution is 2.26. The van der Waals surface area contributed by atoms with Crippen LogP contribution in [-0.4, -0.2) is 18.5 Å². The summed E-state index contributed by atoms with van der Waals surface area (Å²) >= 11 is 2.80. The molecule has 0 unspecified atom stereocenters. The summed E-state index contributed by atoms with van der Waals surface area (Å²) in [6, 6.07) is 12.8. The average Bonchev–Trinajstić information content (AvgIpc) is 3.30. The van der Waals surface area contributed by atoms with Crippen LogP contribution in [0.5, 0.6) is 0 Å². The first-order valence-electron chi connectivity index (χ1n) is 7.85. The number of thiophene rings is 2. The van der Waals surface area contributed by atoms with Crippen molar-refractivity contribution in [2.75, 3.05) is 6.61 Å². The van der Waals surface area contributed by atoms with Crippen molar-refractivity contribution in [1.82, 2.24) is 5.32 Å². The molecule has 1 amide bonds. The van der Waals surface area contributed by atoms with E-state index in [-0.39, 0.29) is 12.4 Å².